The van der Waals surface area contributed by atoms with E-state index in [4.69, 9.17) is 9.47 Å². The van der Waals surface area contributed by atoms with Gasteiger partial charge in [0.05, 0.1) is 14.2 Å². The van der Waals surface area contributed by atoms with Gasteiger partial charge in [0.2, 0.25) is 0 Å². The van der Waals surface area contributed by atoms with Crippen molar-refractivity contribution in [3.05, 3.63) is 52.6 Å². The summed E-state index contributed by atoms with van der Waals surface area (Å²) in [5, 5.41) is 10.2. The molecule has 1 aliphatic heterocycles. The molecule has 1 unspecified atom stereocenters. The minimum absolute atomic E-state index is 0.210. The van der Waals surface area contributed by atoms with Gasteiger partial charge in [-0.2, -0.15) is 0 Å². The zero-order chi connectivity index (χ0) is 18.7. The highest BCUT2D eigenvalue weighted by Gasteiger charge is 2.28. The van der Waals surface area contributed by atoms with Gasteiger partial charge in [0.15, 0.2) is 0 Å². The van der Waals surface area contributed by atoms with E-state index in [1.165, 1.54) is 11.1 Å². The first-order chi connectivity index (χ1) is 12.6. The summed E-state index contributed by atoms with van der Waals surface area (Å²) in [6.45, 7) is 3.10. The van der Waals surface area contributed by atoms with Crippen LogP contribution in [0.15, 0.2) is 30.3 Å². The fraction of sp³-hybridized carbons (Fsp3) is 0.455. The third-order valence-electron chi connectivity index (χ3n) is 5.41. The highest BCUT2D eigenvalue weighted by atomic mass is 16.5. The molecule has 3 rings (SSSR count). The molecule has 0 aliphatic carbocycles. The van der Waals surface area contributed by atoms with Crippen molar-refractivity contribution in [1.29, 1.82) is 0 Å². The van der Waals surface area contributed by atoms with Crippen LogP contribution in [-0.2, 0) is 19.3 Å². The second kappa shape index (κ2) is 8.00. The van der Waals surface area contributed by atoms with Crippen LogP contribution in [0.3, 0.4) is 0 Å². The molecule has 4 nitrogen and oxygen atoms in total. The molecule has 0 radical (unpaired) electrons. The van der Waals surface area contributed by atoms with Crippen molar-refractivity contribution in [1.82, 2.24) is 4.90 Å². The lowest BCUT2D eigenvalue weighted by atomic mass is 9.88. The zero-order valence-corrected chi connectivity index (χ0v) is 16.2. The van der Waals surface area contributed by atoms with Crippen LogP contribution in [0.2, 0.25) is 0 Å². The predicted molar refractivity (Wildman–Crippen MR) is 104 cm³/mol. The van der Waals surface area contributed by atoms with Crippen LogP contribution >= 0.6 is 0 Å². The number of fused-ring (bicyclic) bond motifs is 1. The van der Waals surface area contributed by atoms with E-state index in [0.717, 1.165) is 54.9 Å². The van der Waals surface area contributed by atoms with Gasteiger partial charge >= 0.3 is 0 Å². The molecule has 1 atom stereocenters. The number of ether oxygens (including phenoxy) is 2. The third-order valence-corrected chi connectivity index (χ3v) is 5.41. The average molecular weight is 355 g/mol. The van der Waals surface area contributed by atoms with E-state index in [2.05, 4.69) is 37.1 Å². The van der Waals surface area contributed by atoms with E-state index in [-0.39, 0.29) is 6.04 Å². The van der Waals surface area contributed by atoms with Gasteiger partial charge in [0.25, 0.3) is 0 Å². The summed E-state index contributed by atoms with van der Waals surface area (Å²) in [6.07, 6.45) is 3.74. The lowest BCUT2D eigenvalue weighted by Crippen LogP contribution is -2.33. The van der Waals surface area contributed by atoms with Crippen LogP contribution < -0.4 is 9.47 Å². The van der Waals surface area contributed by atoms with Crippen LogP contribution in [-0.4, -0.2) is 37.8 Å². The van der Waals surface area contributed by atoms with Crippen LogP contribution in [0, 0.1) is 0 Å². The van der Waals surface area contributed by atoms with E-state index >= 15 is 0 Å². The van der Waals surface area contributed by atoms with E-state index in [0.29, 0.717) is 5.75 Å². The molecule has 1 aliphatic rings. The molecule has 0 amide bonds. The first kappa shape index (κ1) is 18.6. The summed E-state index contributed by atoms with van der Waals surface area (Å²) in [5.41, 5.74) is 4.60. The number of phenolic OH excluding ortho intramolecular Hbond substituents is 1. The van der Waals surface area contributed by atoms with Crippen molar-refractivity contribution >= 4 is 0 Å². The number of likely N-dealkylation sites (N-methyl/N-ethyl adjacent to an activating group) is 1. The van der Waals surface area contributed by atoms with Gasteiger partial charge in [-0.25, -0.2) is 0 Å². The van der Waals surface area contributed by atoms with Crippen molar-refractivity contribution in [2.75, 3.05) is 27.8 Å². The summed E-state index contributed by atoms with van der Waals surface area (Å²) in [7, 11) is 5.60. The summed E-state index contributed by atoms with van der Waals surface area (Å²) in [6, 6.07) is 10.3. The Balaban J connectivity index is 1.99. The molecule has 140 valence electrons. The molecule has 4 heteroatoms. The fourth-order valence-corrected chi connectivity index (χ4v) is 3.98. The first-order valence-electron chi connectivity index (χ1n) is 9.33. The minimum atomic E-state index is 0.210. The monoisotopic (exact) mass is 355 g/mol. The molecule has 2 aromatic rings. The standard InChI is InChI=1S/C22H29NO3/c1-5-7-15-13-22(26-4)16(14-21(15)25-3)12-19-17-8-6-9-20(24)18(17)10-11-23(19)2/h6,8-9,13-14,19,24H,5,7,10-12H2,1-4H3. The van der Waals surface area contributed by atoms with E-state index in [9.17, 15) is 5.11 Å². The predicted octanol–water partition coefficient (Wildman–Crippen LogP) is 4.13. The van der Waals surface area contributed by atoms with Gasteiger partial charge in [0, 0.05) is 12.6 Å². The van der Waals surface area contributed by atoms with Gasteiger partial charge in [-0.1, -0.05) is 25.5 Å². The van der Waals surface area contributed by atoms with Gasteiger partial charge in [-0.3, -0.25) is 4.90 Å². The highest BCUT2D eigenvalue weighted by molar-refractivity contribution is 5.49. The Kier molecular flexibility index (Phi) is 5.72. The highest BCUT2D eigenvalue weighted by Crippen LogP contribution is 2.38. The molecule has 0 fully saturated rings. The maximum Gasteiger partial charge on any atom is 0.122 e. The summed E-state index contributed by atoms with van der Waals surface area (Å²) in [4.78, 5) is 2.35. The van der Waals surface area contributed by atoms with Crippen LogP contribution in [0.4, 0.5) is 0 Å². The zero-order valence-electron chi connectivity index (χ0n) is 16.2. The quantitative estimate of drug-likeness (QED) is 0.846. The fourth-order valence-electron chi connectivity index (χ4n) is 3.98. The molecule has 26 heavy (non-hydrogen) atoms. The van der Waals surface area contributed by atoms with Crippen molar-refractivity contribution < 1.29 is 14.6 Å². The average Bonchev–Trinajstić information content (AvgIpc) is 2.65. The molecule has 0 aromatic heterocycles. The number of rotatable bonds is 6. The number of aryl methyl sites for hydroxylation is 1. The number of nitrogens with zero attached hydrogens (tertiary/aromatic N) is 1. The number of hydrogen-bond donors (Lipinski definition) is 1. The smallest absolute Gasteiger partial charge is 0.122 e. The Hall–Kier alpha value is -2.20. The van der Waals surface area contributed by atoms with Gasteiger partial charge in [-0.05, 0) is 66.8 Å². The van der Waals surface area contributed by atoms with Crippen molar-refractivity contribution in [3.63, 3.8) is 0 Å². The molecular weight excluding hydrogens is 326 g/mol. The maximum absolute atomic E-state index is 10.2. The van der Waals surface area contributed by atoms with Gasteiger partial charge < -0.3 is 14.6 Å². The van der Waals surface area contributed by atoms with Crippen molar-refractivity contribution in [3.8, 4) is 17.2 Å². The van der Waals surface area contributed by atoms with Crippen molar-refractivity contribution in [2.45, 2.75) is 38.6 Å². The molecular formula is C22H29NO3. The van der Waals surface area contributed by atoms with E-state index in [1.54, 1.807) is 20.3 Å². The van der Waals surface area contributed by atoms with Crippen LogP contribution in [0.5, 0.6) is 17.2 Å². The molecule has 1 N–H and O–H groups in total. The second-order valence-electron chi connectivity index (χ2n) is 7.02. The van der Waals surface area contributed by atoms with Gasteiger partial charge in [0.1, 0.15) is 17.2 Å². The number of hydrogen-bond acceptors (Lipinski definition) is 4. The Morgan fingerprint density at radius 3 is 2.50 bits per heavy atom. The lowest BCUT2D eigenvalue weighted by molar-refractivity contribution is 0.225. The summed E-state index contributed by atoms with van der Waals surface area (Å²) in [5.74, 6) is 2.25. The number of phenols is 1. The molecule has 0 spiro atoms. The molecule has 2 aromatic carbocycles. The molecule has 0 saturated heterocycles. The topological polar surface area (TPSA) is 41.9 Å². The summed E-state index contributed by atoms with van der Waals surface area (Å²) < 4.78 is 11.3. The number of methoxy groups -OCH3 is 2. The maximum atomic E-state index is 10.2. The lowest BCUT2D eigenvalue weighted by Gasteiger charge is -2.35. The summed E-state index contributed by atoms with van der Waals surface area (Å²) >= 11 is 0. The Morgan fingerprint density at radius 2 is 1.81 bits per heavy atom. The normalized spacial score (nSPS) is 17.0. The van der Waals surface area contributed by atoms with E-state index < -0.39 is 0 Å². The number of aromatic hydroxyl groups is 1. The molecule has 0 bridgehead atoms. The largest absolute Gasteiger partial charge is 0.508 e. The number of benzene rings is 2. The third kappa shape index (κ3) is 3.51. The van der Waals surface area contributed by atoms with E-state index in [1.807, 2.05) is 6.07 Å². The first-order valence-corrected chi connectivity index (χ1v) is 9.33. The van der Waals surface area contributed by atoms with Crippen molar-refractivity contribution in [2.24, 2.45) is 0 Å². The van der Waals surface area contributed by atoms with Crippen LogP contribution in [0.1, 0.15) is 41.6 Å². The second-order valence-corrected chi connectivity index (χ2v) is 7.02. The molecule has 1 heterocycles. The Bertz CT molecular complexity index is 772. The Labute approximate surface area is 156 Å². The SMILES string of the molecule is CCCc1cc(OC)c(CC2c3cccc(O)c3CCN2C)cc1OC. The minimum Gasteiger partial charge on any atom is -0.508 e. The van der Waals surface area contributed by atoms with Crippen LogP contribution in [0.25, 0.3) is 0 Å². The van der Waals surface area contributed by atoms with Gasteiger partial charge in [-0.15, -0.1) is 0 Å². The Morgan fingerprint density at radius 1 is 1.12 bits per heavy atom. The molecule has 0 saturated carbocycles.